The molecular formula is C47H60N6O8. The van der Waals surface area contributed by atoms with Crippen molar-refractivity contribution >= 4 is 29.8 Å². The lowest BCUT2D eigenvalue weighted by Crippen LogP contribution is -2.49. The van der Waals surface area contributed by atoms with Gasteiger partial charge in [-0.3, -0.25) is 9.59 Å². The van der Waals surface area contributed by atoms with Crippen molar-refractivity contribution in [3.8, 4) is 11.5 Å². The Morgan fingerprint density at radius 2 is 0.967 bits per heavy atom. The van der Waals surface area contributed by atoms with Gasteiger partial charge in [0.1, 0.15) is 23.1 Å². The van der Waals surface area contributed by atoms with Crippen LogP contribution in [0.1, 0.15) is 78.3 Å². The lowest BCUT2D eigenvalue weighted by atomic mass is 10.0. The van der Waals surface area contributed by atoms with Gasteiger partial charge in [-0.1, -0.05) is 60.7 Å². The Morgan fingerprint density at radius 1 is 0.541 bits per heavy atom. The number of ether oxygens (including phenoxy) is 3. The Morgan fingerprint density at radius 3 is 1.43 bits per heavy atom. The topological polar surface area (TPSA) is 199 Å². The van der Waals surface area contributed by atoms with Crippen LogP contribution in [0.25, 0.3) is 0 Å². The predicted molar refractivity (Wildman–Crippen MR) is 234 cm³/mol. The van der Waals surface area contributed by atoms with E-state index in [1.165, 1.54) is 0 Å². The van der Waals surface area contributed by atoms with E-state index in [9.17, 15) is 24.0 Å². The van der Waals surface area contributed by atoms with Crippen molar-refractivity contribution in [1.29, 1.82) is 0 Å². The van der Waals surface area contributed by atoms with Crippen molar-refractivity contribution in [2.45, 2.75) is 77.0 Å². The molecule has 0 aliphatic rings. The zero-order valence-electron chi connectivity index (χ0n) is 35.4. The summed E-state index contributed by atoms with van der Waals surface area (Å²) in [6, 6.07) is 29.7. The number of unbranched alkanes of at least 4 members (excludes halogenated alkanes) is 1. The minimum absolute atomic E-state index is 0.210. The SMILES string of the molecule is CC(C)(C)OC(=O)N[C@@H](Cc1ccc(OC(=O)c2ccccc2)cc1)C(=O)NCCCNCCCCNCCCNC(=O)[C@@H](N)Cc1ccc(OC(=O)c2ccccc2)cc1. The van der Waals surface area contributed by atoms with Crippen LogP contribution >= 0.6 is 0 Å². The van der Waals surface area contributed by atoms with E-state index in [0.29, 0.717) is 48.6 Å². The smallest absolute Gasteiger partial charge is 0.408 e. The quantitative estimate of drug-likeness (QED) is 0.0312. The number of nitrogens with one attached hydrogen (secondary N) is 5. The van der Waals surface area contributed by atoms with Gasteiger partial charge in [-0.05, 0) is 139 Å². The summed E-state index contributed by atoms with van der Waals surface area (Å²) in [7, 11) is 0. The molecule has 326 valence electrons. The van der Waals surface area contributed by atoms with E-state index in [2.05, 4.69) is 26.6 Å². The van der Waals surface area contributed by atoms with Crippen molar-refractivity contribution < 1.29 is 38.2 Å². The van der Waals surface area contributed by atoms with Crippen molar-refractivity contribution in [3.05, 3.63) is 131 Å². The van der Waals surface area contributed by atoms with E-state index < -0.39 is 35.7 Å². The van der Waals surface area contributed by atoms with Gasteiger partial charge in [0, 0.05) is 19.5 Å². The van der Waals surface area contributed by atoms with Gasteiger partial charge in [-0.15, -0.1) is 0 Å². The highest BCUT2D eigenvalue weighted by atomic mass is 16.6. The summed E-state index contributed by atoms with van der Waals surface area (Å²) in [5, 5.41) is 15.3. The molecule has 0 saturated heterocycles. The van der Waals surface area contributed by atoms with Gasteiger partial charge in [0.05, 0.1) is 17.2 Å². The molecule has 4 aromatic carbocycles. The molecule has 0 radical (unpaired) electrons. The van der Waals surface area contributed by atoms with E-state index in [1.54, 1.807) is 118 Å². The van der Waals surface area contributed by atoms with Crippen molar-refractivity contribution in [2.75, 3.05) is 39.3 Å². The van der Waals surface area contributed by atoms with E-state index in [4.69, 9.17) is 19.9 Å². The first-order valence-electron chi connectivity index (χ1n) is 20.8. The molecule has 0 aromatic heterocycles. The second-order valence-electron chi connectivity index (χ2n) is 15.5. The van der Waals surface area contributed by atoms with Gasteiger partial charge in [-0.25, -0.2) is 14.4 Å². The minimum atomic E-state index is -0.877. The lowest BCUT2D eigenvalue weighted by Gasteiger charge is -2.23. The van der Waals surface area contributed by atoms with Crippen LogP contribution in [-0.4, -0.2) is 86.8 Å². The molecule has 0 aliphatic carbocycles. The molecular weight excluding hydrogens is 777 g/mol. The van der Waals surface area contributed by atoms with Gasteiger partial charge in [0.2, 0.25) is 11.8 Å². The van der Waals surface area contributed by atoms with Crippen molar-refractivity contribution in [1.82, 2.24) is 26.6 Å². The number of benzene rings is 4. The fourth-order valence-corrected chi connectivity index (χ4v) is 5.96. The molecule has 0 heterocycles. The maximum absolute atomic E-state index is 13.2. The Hall–Kier alpha value is -6.09. The average molecular weight is 837 g/mol. The van der Waals surface area contributed by atoms with Crippen LogP contribution in [0.3, 0.4) is 0 Å². The zero-order chi connectivity index (χ0) is 43.9. The monoisotopic (exact) mass is 836 g/mol. The standard InChI is InChI=1S/C47H60N6O8/c1-47(2,3)61-46(58)53-41(33-35-20-24-39(25-21-35)60-45(57)37-16-8-5-9-17-37)43(55)52-31-13-29-50-27-11-10-26-49-28-12-30-51-42(54)40(48)32-34-18-22-38(23-19-34)59-44(56)36-14-6-4-7-15-36/h4-9,14-25,40-41,49-50H,10-13,26-33,48H2,1-3H3,(H,51,54)(H,52,55)(H,53,58)/t40-,41-/m0/s1. The molecule has 2 atom stereocenters. The summed E-state index contributed by atoms with van der Waals surface area (Å²) in [5.41, 5.74) is 7.95. The number of carbonyl (C=O) groups excluding carboxylic acids is 5. The molecule has 0 spiro atoms. The second kappa shape index (κ2) is 25.5. The molecule has 14 nitrogen and oxygen atoms in total. The first-order chi connectivity index (χ1) is 29.4. The van der Waals surface area contributed by atoms with Crippen molar-refractivity contribution in [3.63, 3.8) is 0 Å². The van der Waals surface area contributed by atoms with Crippen LogP contribution in [0.4, 0.5) is 4.79 Å². The highest BCUT2D eigenvalue weighted by molar-refractivity contribution is 5.91. The number of hydrogen-bond acceptors (Lipinski definition) is 11. The van der Waals surface area contributed by atoms with Crippen LogP contribution < -0.4 is 41.8 Å². The summed E-state index contributed by atoms with van der Waals surface area (Å²) in [4.78, 5) is 63.0. The zero-order valence-corrected chi connectivity index (χ0v) is 35.4. The van der Waals surface area contributed by atoms with Crippen LogP contribution in [0.2, 0.25) is 0 Å². The number of carbonyl (C=O) groups is 5. The Balaban J connectivity index is 1.03. The minimum Gasteiger partial charge on any atom is -0.444 e. The molecule has 4 rings (SSSR count). The molecule has 0 fully saturated rings. The second-order valence-corrected chi connectivity index (χ2v) is 15.5. The predicted octanol–water partition coefficient (Wildman–Crippen LogP) is 5.10. The van der Waals surface area contributed by atoms with Gasteiger partial charge < -0.3 is 46.5 Å². The van der Waals surface area contributed by atoms with Gasteiger partial charge in [0.25, 0.3) is 0 Å². The molecule has 0 bridgehead atoms. The summed E-state index contributed by atoms with van der Waals surface area (Å²) >= 11 is 0. The number of nitrogens with two attached hydrogens (primary N) is 1. The van der Waals surface area contributed by atoms with Gasteiger partial charge in [0.15, 0.2) is 0 Å². The number of amides is 3. The molecule has 0 saturated carbocycles. The first-order valence-corrected chi connectivity index (χ1v) is 20.8. The fraction of sp³-hybridized carbons (Fsp3) is 0.383. The Kier molecular flexibility index (Phi) is 19.9. The number of rotatable bonds is 24. The number of esters is 2. The van der Waals surface area contributed by atoms with E-state index in [1.807, 2.05) is 12.1 Å². The maximum atomic E-state index is 13.2. The van der Waals surface area contributed by atoms with Crippen LogP contribution in [-0.2, 0) is 27.2 Å². The molecule has 0 aliphatic heterocycles. The van der Waals surface area contributed by atoms with E-state index in [0.717, 1.165) is 56.6 Å². The number of alkyl carbamates (subject to hydrolysis) is 1. The van der Waals surface area contributed by atoms with Crippen LogP contribution in [0.15, 0.2) is 109 Å². The van der Waals surface area contributed by atoms with Crippen LogP contribution in [0.5, 0.6) is 11.5 Å². The summed E-state index contributed by atoms with van der Waals surface area (Å²) in [5.74, 6) is -0.657. The highest BCUT2D eigenvalue weighted by Crippen LogP contribution is 2.17. The van der Waals surface area contributed by atoms with Gasteiger partial charge in [-0.2, -0.15) is 0 Å². The lowest BCUT2D eigenvalue weighted by molar-refractivity contribution is -0.123. The highest BCUT2D eigenvalue weighted by Gasteiger charge is 2.25. The Labute approximate surface area is 358 Å². The third kappa shape index (κ3) is 18.8. The molecule has 4 aromatic rings. The number of hydrogen-bond donors (Lipinski definition) is 6. The molecule has 61 heavy (non-hydrogen) atoms. The van der Waals surface area contributed by atoms with Crippen LogP contribution in [0, 0.1) is 0 Å². The molecule has 3 amide bonds. The third-order valence-corrected chi connectivity index (χ3v) is 9.14. The maximum Gasteiger partial charge on any atom is 0.408 e. The summed E-state index contributed by atoms with van der Waals surface area (Å²) < 4.78 is 16.3. The molecule has 7 N–H and O–H groups in total. The normalized spacial score (nSPS) is 12.1. The van der Waals surface area contributed by atoms with E-state index in [-0.39, 0.29) is 18.2 Å². The van der Waals surface area contributed by atoms with Gasteiger partial charge >= 0.3 is 18.0 Å². The van der Waals surface area contributed by atoms with E-state index >= 15 is 0 Å². The summed E-state index contributed by atoms with van der Waals surface area (Å²) in [6.45, 7) is 9.39. The van der Waals surface area contributed by atoms with Crippen molar-refractivity contribution in [2.24, 2.45) is 5.73 Å². The molecule has 0 unspecified atom stereocenters. The largest absolute Gasteiger partial charge is 0.444 e. The summed E-state index contributed by atoms with van der Waals surface area (Å²) in [6.07, 6.45) is 3.33. The fourth-order valence-electron chi connectivity index (χ4n) is 5.96. The average Bonchev–Trinajstić information content (AvgIpc) is 3.24. The molecule has 14 heteroatoms. The first kappa shape index (κ1) is 47.6. The Bertz CT molecular complexity index is 1960. The third-order valence-electron chi connectivity index (χ3n) is 9.14.